The highest BCUT2D eigenvalue weighted by atomic mass is 16.5. The number of carbonyl (C=O) groups excluding carboxylic acids is 2. The molecule has 2 aliphatic rings. The minimum Gasteiger partial charge on any atom is -0.493 e. The van der Waals surface area contributed by atoms with Gasteiger partial charge >= 0.3 is 0 Å². The van der Waals surface area contributed by atoms with Crippen LogP contribution in [0.1, 0.15) is 16.7 Å². The van der Waals surface area contributed by atoms with E-state index in [4.69, 9.17) is 4.74 Å². The Kier molecular flexibility index (Phi) is 5.20. The van der Waals surface area contributed by atoms with Gasteiger partial charge in [0, 0.05) is 55.8 Å². The first-order valence-electron chi connectivity index (χ1n) is 10.7. The largest absolute Gasteiger partial charge is 0.493 e. The summed E-state index contributed by atoms with van der Waals surface area (Å²) in [6, 6.07) is 14.0. The number of piperazine rings is 1. The van der Waals surface area contributed by atoms with E-state index in [1.807, 2.05) is 58.5 Å². The first kappa shape index (κ1) is 19.4. The summed E-state index contributed by atoms with van der Waals surface area (Å²) in [4.78, 5) is 32.3. The number of nitrogens with zero attached hydrogens (tertiary/aromatic N) is 2. The van der Waals surface area contributed by atoms with E-state index in [0.717, 1.165) is 40.8 Å². The van der Waals surface area contributed by atoms with Gasteiger partial charge in [0.15, 0.2) is 0 Å². The Balaban J connectivity index is 1.15. The van der Waals surface area contributed by atoms with Crippen LogP contribution in [0, 0.1) is 0 Å². The Morgan fingerprint density at radius 2 is 1.84 bits per heavy atom. The predicted octanol–water partition coefficient (Wildman–Crippen LogP) is 3.03. The van der Waals surface area contributed by atoms with E-state index < -0.39 is 0 Å². The lowest BCUT2D eigenvalue weighted by Gasteiger charge is -2.34. The van der Waals surface area contributed by atoms with Crippen LogP contribution in [-0.2, 0) is 22.4 Å². The maximum absolute atomic E-state index is 12.8. The minimum absolute atomic E-state index is 0.0134. The summed E-state index contributed by atoms with van der Waals surface area (Å²) in [6.45, 7) is 2.97. The van der Waals surface area contributed by atoms with Gasteiger partial charge in [-0.25, -0.2) is 0 Å². The molecule has 1 aromatic heterocycles. The van der Waals surface area contributed by atoms with Crippen LogP contribution in [0.25, 0.3) is 17.0 Å². The lowest BCUT2D eigenvalue weighted by Crippen LogP contribution is -2.50. The molecule has 6 nitrogen and oxygen atoms in total. The second-order valence-electron chi connectivity index (χ2n) is 8.04. The molecule has 1 saturated heterocycles. The van der Waals surface area contributed by atoms with Crippen LogP contribution < -0.4 is 4.74 Å². The van der Waals surface area contributed by atoms with Crippen molar-refractivity contribution >= 4 is 28.8 Å². The third-order valence-electron chi connectivity index (χ3n) is 6.09. The van der Waals surface area contributed by atoms with Gasteiger partial charge < -0.3 is 19.5 Å². The molecular weight excluding hydrogens is 390 g/mol. The second kappa shape index (κ2) is 8.30. The van der Waals surface area contributed by atoms with Crippen molar-refractivity contribution in [3.63, 3.8) is 0 Å². The Morgan fingerprint density at radius 1 is 1.03 bits per heavy atom. The number of hydrogen-bond donors (Lipinski definition) is 1. The average molecular weight is 415 g/mol. The van der Waals surface area contributed by atoms with Gasteiger partial charge in [0.05, 0.1) is 13.0 Å². The monoisotopic (exact) mass is 415 g/mol. The van der Waals surface area contributed by atoms with Crippen LogP contribution in [0.15, 0.2) is 54.7 Å². The van der Waals surface area contributed by atoms with E-state index in [1.165, 1.54) is 5.56 Å². The lowest BCUT2D eigenvalue weighted by molar-refractivity contribution is -0.136. The molecule has 158 valence electrons. The van der Waals surface area contributed by atoms with E-state index in [9.17, 15) is 9.59 Å². The predicted molar refractivity (Wildman–Crippen MR) is 120 cm³/mol. The van der Waals surface area contributed by atoms with Gasteiger partial charge in [-0.1, -0.05) is 24.3 Å². The van der Waals surface area contributed by atoms with E-state index in [-0.39, 0.29) is 11.8 Å². The number of aromatic nitrogens is 1. The molecule has 3 heterocycles. The minimum atomic E-state index is -0.0134. The number of rotatable bonds is 4. The van der Waals surface area contributed by atoms with Gasteiger partial charge in [-0.15, -0.1) is 0 Å². The third kappa shape index (κ3) is 4.06. The van der Waals surface area contributed by atoms with Gasteiger partial charge in [0.1, 0.15) is 5.75 Å². The van der Waals surface area contributed by atoms with E-state index in [1.54, 1.807) is 6.08 Å². The molecule has 6 heteroatoms. The Morgan fingerprint density at radius 3 is 2.71 bits per heavy atom. The van der Waals surface area contributed by atoms with Crippen molar-refractivity contribution in [1.29, 1.82) is 0 Å². The average Bonchev–Trinajstić information content (AvgIpc) is 3.44. The molecule has 2 amide bonds. The van der Waals surface area contributed by atoms with Gasteiger partial charge in [-0.3, -0.25) is 9.59 Å². The standard InChI is InChI=1S/C25H25N3O3/c29-24(8-6-18-5-7-23-19(15-18)9-14-31-23)27-10-12-28(13-11-27)25(30)16-20-17-26-22-4-2-1-3-21(20)22/h1-8,15,17,26H,9-14,16H2/b8-6+. The summed E-state index contributed by atoms with van der Waals surface area (Å²) in [5.41, 5.74) is 4.26. The number of H-pyrrole nitrogens is 1. The van der Waals surface area contributed by atoms with Crippen molar-refractivity contribution in [3.05, 3.63) is 71.4 Å². The van der Waals surface area contributed by atoms with Gasteiger partial charge in [0.2, 0.25) is 11.8 Å². The van der Waals surface area contributed by atoms with Crippen LogP contribution in [0.5, 0.6) is 5.75 Å². The SMILES string of the molecule is O=C(/C=C/c1ccc2c(c1)CCO2)N1CCN(C(=O)Cc2c[nH]c3ccccc23)CC1. The number of para-hydroxylation sites is 1. The highest BCUT2D eigenvalue weighted by molar-refractivity contribution is 5.92. The number of nitrogens with one attached hydrogen (secondary N) is 1. The number of aromatic amines is 1. The van der Waals surface area contributed by atoms with Crippen LogP contribution >= 0.6 is 0 Å². The summed E-state index contributed by atoms with van der Waals surface area (Å²) in [7, 11) is 0. The lowest BCUT2D eigenvalue weighted by atomic mass is 10.1. The summed E-state index contributed by atoms with van der Waals surface area (Å²) < 4.78 is 5.52. The van der Waals surface area contributed by atoms with E-state index in [2.05, 4.69) is 11.1 Å². The highest BCUT2D eigenvalue weighted by Gasteiger charge is 2.23. The first-order chi connectivity index (χ1) is 15.2. The molecule has 0 saturated carbocycles. The molecule has 0 atom stereocenters. The zero-order chi connectivity index (χ0) is 21.2. The van der Waals surface area contributed by atoms with Gasteiger partial charge in [-0.05, 0) is 41.0 Å². The van der Waals surface area contributed by atoms with Crippen LogP contribution in [0.3, 0.4) is 0 Å². The number of amides is 2. The molecule has 5 rings (SSSR count). The van der Waals surface area contributed by atoms with Crippen molar-refractivity contribution in [3.8, 4) is 5.75 Å². The quantitative estimate of drug-likeness (QED) is 0.666. The fourth-order valence-corrected chi connectivity index (χ4v) is 4.31. The fourth-order valence-electron chi connectivity index (χ4n) is 4.31. The molecule has 0 aliphatic carbocycles. The topological polar surface area (TPSA) is 65.6 Å². The Bertz CT molecular complexity index is 1160. The third-order valence-corrected chi connectivity index (χ3v) is 6.09. The molecule has 0 bridgehead atoms. The summed E-state index contributed by atoms with van der Waals surface area (Å²) in [5, 5.41) is 1.09. The fraction of sp³-hybridized carbons (Fsp3) is 0.280. The number of hydrogen-bond acceptors (Lipinski definition) is 3. The smallest absolute Gasteiger partial charge is 0.246 e. The van der Waals surface area contributed by atoms with Crippen molar-refractivity contribution in [2.45, 2.75) is 12.8 Å². The summed E-state index contributed by atoms with van der Waals surface area (Å²) in [5.74, 6) is 1.03. The number of fused-ring (bicyclic) bond motifs is 2. The molecule has 0 unspecified atom stereocenters. The maximum Gasteiger partial charge on any atom is 0.246 e. The van der Waals surface area contributed by atoms with E-state index in [0.29, 0.717) is 32.6 Å². The number of ether oxygens (including phenoxy) is 1. The molecule has 2 aliphatic heterocycles. The first-order valence-corrected chi connectivity index (χ1v) is 10.7. The van der Waals surface area contributed by atoms with Crippen LogP contribution in [-0.4, -0.2) is 59.4 Å². The zero-order valence-electron chi connectivity index (χ0n) is 17.3. The number of carbonyl (C=O) groups is 2. The number of benzene rings is 2. The molecule has 1 N–H and O–H groups in total. The van der Waals surface area contributed by atoms with Crippen molar-refractivity contribution in [2.24, 2.45) is 0 Å². The van der Waals surface area contributed by atoms with Gasteiger partial charge in [0.25, 0.3) is 0 Å². The van der Waals surface area contributed by atoms with E-state index >= 15 is 0 Å². The normalized spacial score (nSPS) is 16.0. The van der Waals surface area contributed by atoms with Crippen LogP contribution in [0.2, 0.25) is 0 Å². The van der Waals surface area contributed by atoms with Crippen LogP contribution in [0.4, 0.5) is 0 Å². The molecular formula is C25H25N3O3. The summed E-state index contributed by atoms with van der Waals surface area (Å²) in [6.07, 6.45) is 6.69. The van der Waals surface area contributed by atoms with Crippen molar-refractivity contribution in [2.75, 3.05) is 32.8 Å². The second-order valence-corrected chi connectivity index (χ2v) is 8.04. The van der Waals surface area contributed by atoms with Crippen molar-refractivity contribution < 1.29 is 14.3 Å². The Labute approximate surface area is 181 Å². The van der Waals surface area contributed by atoms with Gasteiger partial charge in [-0.2, -0.15) is 0 Å². The summed E-state index contributed by atoms with van der Waals surface area (Å²) >= 11 is 0. The highest BCUT2D eigenvalue weighted by Crippen LogP contribution is 2.26. The molecule has 1 fully saturated rings. The Hall–Kier alpha value is -3.54. The molecule has 0 spiro atoms. The maximum atomic E-state index is 12.8. The molecule has 0 radical (unpaired) electrons. The van der Waals surface area contributed by atoms with Crippen molar-refractivity contribution in [1.82, 2.24) is 14.8 Å². The molecule has 2 aromatic carbocycles. The molecule has 3 aromatic rings. The zero-order valence-corrected chi connectivity index (χ0v) is 17.3. The molecule has 31 heavy (non-hydrogen) atoms.